The van der Waals surface area contributed by atoms with Gasteiger partial charge in [0.05, 0.1) is 12.3 Å². The Morgan fingerprint density at radius 2 is 2.50 bits per heavy atom. The summed E-state index contributed by atoms with van der Waals surface area (Å²) in [5.41, 5.74) is 6.85. The third-order valence-corrected chi connectivity index (χ3v) is 3.96. The van der Waals surface area contributed by atoms with Crippen LogP contribution in [0.25, 0.3) is 4.96 Å². The Balaban J connectivity index is 2.20. The van der Waals surface area contributed by atoms with Gasteiger partial charge in [0.2, 0.25) is 0 Å². The fourth-order valence-electron chi connectivity index (χ4n) is 1.51. The number of hydrogen-bond donors (Lipinski definition) is 1. The molecule has 2 N–H and O–H groups in total. The van der Waals surface area contributed by atoms with E-state index in [9.17, 15) is 0 Å². The molecule has 2 heterocycles. The first-order valence-electron chi connectivity index (χ1n) is 5.13. The monoisotopic (exact) mass is 257 g/mol. The smallest absolute Gasteiger partial charge is 0.194 e. The average Bonchev–Trinajstić information content (AvgIpc) is 2.83. The zero-order chi connectivity index (χ0) is 11.4. The summed E-state index contributed by atoms with van der Waals surface area (Å²) in [5.74, 6) is 0.929. The van der Waals surface area contributed by atoms with E-state index >= 15 is 0 Å². The number of methoxy groups -OCH3 is 1. The molecule has 2 rings (SSSR count). The van der Waals surface area contributed by atoms with Crippen molar-refractivity contribution in [1.82, 2.24) is 9.38 Å². The van der Waals surface area contributed by atoms with Crippen LogP contribution in [-0.2, 0) is 11.2 Å². The van der Waals surface area contributed by atoms with Crippen molar-refractivity contribution in [3.05, 3.63) is 17.3 Å². The van der Waals surface area contributed by atoms with Gasteiger partial charge < -0.3 is 10.5 Å². The van der Waals surface area contributed by atoms with Crippen LogP contribution in [0.3, 0.4) is 0 Å². The maximum Gasteiger partial charge on any atom is 0.194 e. The van der Waals surface area contributed by atoms with E-state index in [4.69, 9.17) is 10.5 Å². The van der Waals surface area contributed by atoms with Crippen LogP contribution in [0.5, 0.6) is 0 Å². The summed E-state index contributed by atoms with van der Waals surface area (Å²) in [6, 6.07) is 0. The summed E-state index contributed by atoms with van der Waals surface area (Å²) in [4.78, 5) is 5.64. The Morgan fingerprint density at radius 3 is 3.25 bits per heavy atom. The number of imidazole rings is 1. The van der Waals surface area contributed by atoms with Crippen molar-refractivity contribution in [3.8, 4) is 0 Å². The van der Waals surface area contributed by atoms with Gasteiger partial charge in [-0.3, -0.25) is 4.40 Å². The zero-order valence-electron chi connectivity index (χ0n) is 9.18. The van der Waals surface area contributed by atoms with Crippen molar-refractivity contribution in [2.45, 2.75) is 11.4 Å². The van der Waals surface area contributed by atoms with Crippen molar-refractivity contribution in [2.24, 2.45) is 5.73 Å². The highest BCUT2D eigenvalue weighted by molar-refractivity contribution is 7.99. The molecule has 0 bridgehead atoms. The lowest BCUT2D eigenvalue weighted by Crippen LogP contribution is -2.05. The molecule has 0 aliphatic carbocycles. The quantitative estimate of drug-likeness (QED) is 0.631. The first kappa shape index (κ1) is 11.9. The van der Waals surface area contributed by atoms with E-state index in [-0.39, 0.29) is 0 Å². The van der Waals surface area contributed by atoms with Crippen LogP contribution in [-0.4, -0.2) is 35.4 Å². The van der Waals surface area contributed by atoms with Crippen LogP contribution in [0.15, 0.2) is 16.6 Å². The molecule has 0 unspecified atom stereocenters. The number of thiazole rings is 1. The van der Waals surface area contributed by atoms with Gasteiger partial charge in [-0.25, -0.2) is 4.98 Å². The van der Waals surface area contributed by atoms with Gasteiger partial charge in [0.1, 0.15) is 5.03 Å². The lowest BCUT2D eigenvalue weighted by Gasteiger charge is -2.01. The molecule has 4 nitrogen and oxygen atoms in total. The molecule has 2 aromatic heterocycles. The summed E-state index contributed by atoms with van der Waals surface area (Å²) in [7, 11) is 1.72. The van der Waals surface area contributed by atoms with Crippen LogP contribution < -0.4 is 5.73 Å². The van der Waals surface area contributed by atoms with Gasteiger partial charge in [0.15, 0.2) is 4.96 Å². The minimum atomic E-state index is 0.654. The highest BCUT2D eigenvalue weighted by Crippen LogP contribution is 2.25. The standard InChI is InChI=1S/C10H15N3OS2/c1-14-5-7-15-9-8(2-3-11)13-4-6-16-10(13)12-9/h4,6H,2-3,5,7,11H2,1H3. The Kier molecular flexibility index (Phi) is 4.22. The molecule has 88 valence electrons. The average molecular weight is 257 g/mol. The van der Waals surface area contributed by atoms with Crippen LogP contribution in [0.1, 0.15) is 5.69 Å². The number of rotatable bonds is 6. The molecule has 0 aliphatic rings. The van der Waals surface area contributed by atoms with Crippen LogP contribution in [0, 0.1) is 0 Å². The SMILES string of the molecule is COCCSc1nc2sccn2c1CCN. The number of nitrogens with two attached hydrogens (primary N) is 1. The lowest BCUT2D eigenvalue weighted by atomic mass is 10.3. The number of fused-ring (bicyclic) bond motifs is 1. The van der Waals surface area contributed by atoms with Crippen molar-refractivity contribution in [3.63, 3.8) is 0 Å². The van der Waals surface area contributed by atoms with Crippen molar-refractivity contribution < 1.29 is 4.74 Å². The number of aromatic nitrogens is 2. The molecule has 0 radical (unpaired) electrons. The molecule has 6 heteroatoms. The van der Waals surface area contributed by atoms with Gasteiger partial charge in [0, 0.05) is 30.9 Å². The first-order chi connectivity index (χ1) is 7.86. The maximum absolute atomic E-state index is 5.63. The Bertz CT molecular complexity index is 452. The lowest BCUT2D eigenvalue weighted by molar-refractivity contribution is 0.218. The number of thioether (sulfide) groups is 1. The third-order valence-electron chi connectivity index (χ3n) is 2.23. The molecule has 0 aliphatic heterocycles. The van der Waals surface area contributed by atoms with Gasteiger partial charge in [-0.2, -0.15) is 0 Å². The van der Waals surface area contributed by atoms with Crippen molar-refractivity contribution >= 4 is 28.1 Å². The molecule has 0 aromatic carbocycles. The van der Waals surface area contributed by atoms with Crippen LogP contribution >= 0.6 is 23.1 Å². The maximum atomic E-state index is 5.63. The molecular weight excluding hydrogens is 242 g/mol. The summed E-state index contributed by atoms with van der Waals surface area (Å²) < 4.78 is 7.17. The summed E-state index contributed by atoms with van der Waals surface area (Å²) in [6.45, 7) is 1.40. The van der Waals surface area contributed by atoms with Gasteiger partial charge >= 0.3 is 0 Å². The number of ether oxygens (including phenoxy) is 1. The van der Waals surface area contributed by atoms with Gasteiger partial charge in [-0.05, 0) is 6.54 Å². The fourth-order valence-corrected chi connectivity index (χ4v) is 3.27. The highest BCUT2D eigenvalue weighted by atomic mass is 32.2. The summed E-state index contributed by atoms with van der Waals surface area (Å²) >= 11 is 3.39. The van der Waals surface area contributed by atoms with E-state index < -0.39 is 0 Å². The summed E-state index contributed by atoms with van der Waals surface area (Å²) in [5, 5.41) is 3.14. The summed E-state index contributed by atoms with van der Waals surface area (Å²) in [6.07, 6.45) is 2.92. The van der Waals surface area contributed by atoms with E-state index in [2.05, 4.69) is 15.6 Å². The Hall–Kier alpha value is -0.560. The van der Waals surface area contributed by atoms with Crippen molar-refractivity contribution in [1.29, 1.82) is 0 Å². The van der Waals surface area contributed by atoms with E-state index in [1.807, 2.05) is 5.38 Å². The first-order valence-corrected chi connectivity index (χ1v) is 6.99. The van der Waals surface area contributed by atoms with Crippen molar-refractivity contribution in [2.75, 3.05) is 26.0 Å². The topological polar surface area (TPSA) is 52.5 Å². The predicted octanol–water partition coefficient (Wildman–Crippen LogP) is 1.64. The molecule has 0 amide bonds. The molecule has 0 saturated heterocycles. The zero-order valence-corrected chi connectivity index (χ0v) is 10.8. The Labute approximate surface area is 103 Å². The van der Waals surface area contributed by atoms with E-state index in [0.717, 1.165) is 28.8 Å². The second-order valence-electron chi connectivity index (χ2n) is 3.30. The van der Waals surface area contributed by atoms with E-state index in [1.54, 1.807) is 30.2 Å². The second kappa shape index (κ2) is 5.67. The predicted molar refractivity (Wildman–Crippen MR) is 68.4 cm³/mol. The molecule has 16 heavy (non-hydrogen) atoms. The van der Waals surface area contributed by atoms with Gasteiger partial charge in [-0.15, -0.1) is 23.1 Å². The molecule has 0 spiro atoms. The highest BCUT2D eigenvalue weighted by Gasteiger charge is 2.12. The normalized spacial score (nSPS) is 11.4. The second-order valence-corrected chi connectivity index (χ2v) is 5.26. The number of hydrogen-bond acceptors (Lipinski definition) is 5. The minimum Gasteiger partial charge on any atom is -0.384 e. The molecule has 0 fully saturated rings. The Morgan fingerprint density at radius 1 is 1.62 bits per heavy atom. The molecular formula is C10H15N3OS2. The largest absolute Gasteiger partial charge is 0.384 e. The molecule has 0 atom stereocenters. The minimum absolute atomic E-state index is 0.654. The molecule has 0 saturated carbocycles. The number of nitrogens with zero attached hydrogens (tertiary/aromatic N) is 2. The van der Waals surface area contributed by atoms with Gasteiger partial charge in [-0.1, -0.05) is 0 Å². The third kappa shape index (κ3) is 2.40. The van der Waals surface area contributed by atoms with Crippen LogP contribution in [0.2, 0.25) is 0 Å². The molecule has 2 aromatic rings. The van der Waals surface area contributed by atoms with E-state index in [0.29, 0.717) is 6.54 Å². The fraction of sp³-hybridized carbons (Fsp3) is 0.500. The van der Waals surface area contributed by atoms with E-state index in [1.165, 1.54) is 5.69 Å². The van der Waals surface area contributed by atoms with Crippen LogP contribution in [0.4, 0.5) is 0 Å². The van der Waals surface area contributed by atoms with Gasteiger partial charge in [0.25, 0.3) is 0 Å².